The predicted molar refractivity (Wildman–Crippen MR) is 90.4 cm³/mol. The van der Waals surface area contributed by atoms with Crippen molar-refractivity contribution >= 4 is 11.9 Å². The molecule has 0 unspecified atom stereocenters. The van der Waals surface area contributed by atoms with Gasteiger partial charge >= 0.3 is 6.18 Å². The fourth-order valence-corrected chi connectivity index (χ4v) is 2.59. The summed E-state index contributed by atoms with van der Waals surface area (Å²) in [5.41, 5.74) is 5.47. The van der Waals surface area contributed by atoms with Crippen molar-refractivity contribution in [3.05, 3.63) is 48.0 Å². The Labute approximate surface area is 148 Å². The van der Waals surface area contributed by atoms with Crippen molar-refractivity contribution in [3.8, 4) is 0 Å². The molecule has 0 aliphatic carbocycles. The molecule has 1 aliphatic rings. The van der Waals surface area contributed by atoms with E-state index in [1.807, 2.05) is 9.80 Å². The topological polar surface area (TPSA) is 83.5 Å². The summed E-state index contributed by atoms with van der Waals surface area (Å²) in [7, 11) is 0. The van der Waals surface area contributed by atoms with E-state index in [4.69, 9.17) is 5.73 Å². The lowest BCUT2D eigenvalue weighted by molar-refractivity contribution is -0.141. The molecule has 0 aromatic carbocycles. The van der Waals surface area contributed by atoms with E-state index in [9.17, 15) is 13.2 Å². The van der Waals surface area contributed by atoms with Gasteiger partial charge in [0.1, 0.15) is 5.69 Å². The Balaban J connectivity index is 1.58. The molecule has 3 heterocycles. The molecule has 1 fully saturated rings. The average Bonchev–Trinajstić information content (AvgIpc) is 2.66. The normalized spacial score (nSPS) is 16.0. The molecule has 26 heavy (non-hydrogen) atoms. The first kappa shape index (κ1) is 17.9. The van der Waals surface area contributed by atoms with Gasteiger partial charge in [-0.15, -0.1) is 0 Å². The number of hydrogen-bond acceptors (Lipinski definition) is 5. The molecule has 2 aromatic heterocycles. The minimum absolute atomic E-state index is 0.0689. The van der Waals surface area contributed by atoms with Crippen molar-refractivity contribution in [1.29, 1.82) is 0 Å². The van der Waals surface area contributed by atoms with Crippen molar-refractivity contribution in [2.75, 3.05) is 31.1 Å². The van der Waals surface area contributed by atoms with E-state index in [-0.39, 0.29) is 6.54 Å². The van der Waals surface area contributed by atoms with Crippen LogP contribution in [0.3, 0.4) is 0 Å². The highest BCUT2D eigenvalue weighted by Gasteiger charge is 2.32. The molecule has 3 rings (SSSR count). The van der Waals surface area contributed by atoms with Crippen molar-refractivity contribution in [2.24, 2.45) is 10.7 Å². The van der Waals surface area contributed by atoms with Crippen molar-refractivity contribution in [2.45, 2.75) is 12.7 Å². The summed E-state index contributed by atoms with van der Waals surface area (Å²) >= 11 is 0. The molecule has 1 aliphatic heterocycles. The van der Waals surface area contributed by atoms with E-state index in [1.165, 1.54) is 6.07 Å². The summed E-state index contributed by atoms with van der Waals surface area (Å²) in [4.78, 5) is 19.9. The molecule has 2 N–H and O–H groups in total. The van der Waals surface area contributed by atoms with E-state index >= 15 is 0 Å². The summed E-state index contributed by atoms with van der Waals surface area (Å²) < 4.78 is 38.1. The fraction of sp³-hybridized carbons (Fsp3) is 0.375. The molecule has 138 valence electrons. The highest BCUT2D eigenvalue weighted by atomic mass is 19.4. The van der Waals surface area contributed by atoms with Gasteiger partial charge in [-0.3, -0.25) is 4.98 Å². The number of nitrogens with two attached hydrogens (primary N) is 1. The Bertz CT molecular complexity index is 756. The highest BCUT2D eigenvalue weighted by molar-refractivity contribution is 5.78. The Hall–Kier alpha value is -2.91. The minimum Gasteiger partial charge on any atom is -0.370 e. The molecule has 0 saturated carbocycles. The van der Waals surface area contributed by atoms with Gasteiger partial charge in [0.2, 0.25) is 5.95 Å². The van der Waals surface area contributed by atoms with Gasteiger partial charge in [0.05, 0.1) is 6.54 Å². The smallest absolute Gasteiger partial charge is 0.370 e. The standard InChI is InChI=1S/C16H18F3N7/c17-16(18,19)13-10-12(2-5-21-13)11-24-14(20)25-6-8-26(9-7-25)15-22-3-1-4-23-15/h1-5,10H,6-9,11H2,(H2,20,24). The third-order valence-electron chi connectivity index (χ3n) is 3.98. The summed E-state index contributed by atoms with van der Waals surface area (Å²) in [5.74, 6) is 0.975. The number of nitrogens with zero attached hydrogens (tertiary/aromatic N) is 6. The largest absolute Gasteiger partial charge is 0.433 e. The Kier molecular flexibility index (Phi) is 5.19. The Morgan fingerprint density at radius 2 is 1.77 bits per heavy atom. The van der Waals surface area contributed by atoms with Gasteiger partial charge in [-0.25, -0.2) is 15.0 Å². The summed E-state index contributed by atoms with van der Waals surface area (Å²) in [6, 6.07) is 4.24. The zero-order chi connectivity index (χ0) is 18.6. The van der Waals surface area contributed by atoms with Crippen molar-refractivity contribution in [1.82, 2.24) is 19.9 Å². The van der Waals surface area contributed by atoms with E-state index in [0.717, 1.165) is 12.3 Å². The molecule has 10 heteroatoms. The van der Waals surface area contributed by atoms with Crippen LogP contribution in [0.2, 0.25) is 0 Å². The maximum absolute atomic E-state index is 12.7. The van der Waals surface area contributed by atoms with Crippen molar-refractivity contribution < 1.29 is 13.2 Å². The molecule has 7 nitrogen and oxygen atoms in total. The molecule has 0 bridgehead atoms. The number of hydrogen-bond donors (Lipinski definition) is 1. The van der Waals surface area contributed by atoms with Gasteiger partial charge < -0.3 is 15.5 Å². The molecule has 2 aromatic rings. The van der Waals surface area contributed by atoms with Crippen LogP contribution in [0.1, 0.15) is 11.3 Å². The highest BCUT2D eigenvalue weighted by Crippen LogP contribution is 2.27. The van der Waals surface area contributed by atoms with Crippen LogP contribution in [0.15, 0.2) is 41.8 Å². The summed E-state index contributed by atoms with van der Waals surface area (Å²) in [6.45, 7) is 2.72. The van der Waals surface area contributed by atoms with Crippen LogP contribution < -0.4 is 10.6 Å². The number of alkyl halides is 3. The van der Waals surface area contributed by atoms with Crippen molar-refractivity contribution in [3.63, 3.8) is 0 Å². The second kappa shape index (κ2) is 7.54. The van der Waals surface area contributed by atoms with Gasteiger partial charge in [-0.05, 0) is 23.8 Å². The first-order chi connectivity index (χ1) is 12.4. The number of piperazine rings is 1. The van der Waals surface area contributed by atoms with E-state index in [0.29, 0.717) is 43.7 Å². The number of anilines is 1. The lowest BCUT2D eigenvalue weighted by Gasteiger charge is -2.35. The third kappa shape index (κ3) is 4.38. The third-order valence-corrected chi connectivity index (χ3v) is 3.98. The maximum atomic E-state index is 12.7. The number of aliphatic imine (C=N–C) groups is 1. The quantitative estimate of drug-likeness (QED) is 0.656. The van der Waals surface area contributed by atoms with Gasteiger partial charge in [-0.1, -0.05) is 0 Å². The van der Waals surface area contributed by atoms with Crippen LogP contribution in [-0.4, -0.2) is 52.0 Å². The molecule has 0 spiro atoms. The molecular weight excluding hydrogens is 347 g/mol. The number of halogens is 3. The minimum atomic E-state index is -4.47. The van der Waals surface area contributed by atoms with E-state index in [2.05, 4.69) is 19.9 Å². The fourth-order valence-electron chi connectivity index (χ4n) is 2.59. The van der Waals surface area contributed by atoms with E-state index in [1.54, 1.807) is 18.5 Å². The SMILES string of the molecule is NC(=NCc1ccnc(C(F)(F)F)c1)N1CCN(c2ncccn2)CC1. The molecule has 1 saturated heterocycles. The van der Waals surface area contributed by atoms with Crippen LogP contribution in [-0.2, 0) is 12.7 Å². The van der Waals surface area contributed by atoms with Crippen LogP contribution in [0.4, 0.5) is 19.1 Å². The zero-order valence-corrected chi connectivity index (χ0v) is 13.9. The number of pyridine rings is 1. The zero-order valence-electron chi connectivity index (χ0n) is 13.9. The molecular formula is C16H18F3N7. The first-order valence-corrected chi connectivity index (χ1v) is 8.02. The van der Waals surface area contributed by atoms with E-state index < -0.39 is 11.9 Å². The van der Waals surface area contributed by atoms with Gasteiger partial charge in [-0.2, -0.15) is 13.2 Å². The molecule has 0 amide bonds. The first-order valence-electron chi connectivity index (χ1n) is 8.02. The number of rotatable bonds is 3. The Morgan fingerprint density at radius 1 is 1.08 bits per heavy atom. The maximum Gasteiger partial charge on any atom is 0.433 e. The summed E-state index contributed by atoms with van der Waals surface area (Å²) in [6.07, 6.45) is 0.0342. The van der Waals surface area contributed by atoms with Gasteiger partial charge in [0.25, 0.3) is 0 Å². The number of aromatic nitrogens is 3. The van der Waals surface area contributed by atoms with Gasteiger partial charge in [0.15, 0.2) is 5.96 Å². The monoisotopic (exact) mass is 365 g/mol. The second-order valence-corrected chi connectivity index (χ2v) is 5.74. The average molecular weight is 365 g/mol. The van der Waals surface area contributed by atoms with Gasteiger partial charge in [0, 0.05) is 44.8 Å². The lowest BCUT2D eigenvalue weighted by Crippen LogP contribution is -2.51. The van der Waals surface area contributed by atoms with Crippen LogP contribution in [0.25, 0.3) is 0 Å². The lowest BCUT2D eigenvalue weighted by atomic mass is 10.2. The second-order valence-electron chi connectivity index (χ2n) is 5.74. The predicted octanol–water partition coefficient (Wildman–Crippen LogP) is 1.53. The number of guanidine groups is 1. The molecule has 0 atom stereocenters. The van der Waals surface area contributed by atoms with Crippen LogP contribution >= 0.6 is 0 Å². The molecule has 0 radical (unpaired) electrons. The summed E-state index contributed by atoms with van der Waals surface area (Å²) in [5, 5.41) is 0. The van der Waals surface area contributed by atoms with Crippen LogP contribution in [0.5, 0.6) is 0 Å². The van der Waals surface area contributed by atoms with Crippen LogP contribution in [0, 0.1) is 0 Å². The Morgan fingerprint density at radius 3 is 2.42 bits per heavy atom.